The molecule has 7 aromatic rings. The lowest BCUT2D eigenvalue weighted by atomic mass is 9.68. The van der Waals surface area contributed by atoms with Crippen molar-refractivity contribution in [1.82, 2.24) is 0 Å². The van der Waals surface area contributed by atoms with E-state index in [1.54, 1.807) is 27.8 Å². The van der Waals surface area contributed by atoms with Gasteiger partial charge in [0.15, 0.2) is 0 Å². The zero-order chi connectivity index (χ0) is 38.7. The van der Waals surface area contributed by atoms with Gasteiger partial charge in [0.2, 0.25) is 0 Å². The first-order valence-electron chi connectivity index (χ1n) is 22.5. The maximum absolute atomic E-state index is 2.71. The summed E-state index contributed by atoms with van der Waals surface area (Å²) in [5.41, 5.74) is 21.3. The molecule has 288 valence electrons. The lowest BCUT2D eigenvalue weighted by molar-refractivity contribution is 0.350. The average molecular weight is 763 g/mol. The zero-order valence-electron chi connectivity index (χ0n) is 33.7. The Morgan fingerprint density at radius 2 is 1.02 bits per heavy atom. The molecule has 2 nitrogen and oxygen atoms in total. The van der Waals surface area contributed by atoms with E-state index in [0.29, 0.717) is 17.8 Å². The summed E-state index contributed by atoms with van der Waals surface area (Å²) in [4.78, 5) is 5.33. The van der Waals surface area contributed by atoms with E-state index in [4.69, 9.17) is 0 Å². The third kappa shape index (κ3) is 4.93. The van der Waals surface area contributed by atoms with Gasteiger partial charge in [-0.3, -0.25) is 0 Å². The van der Waals surface area contributed by atoms with E-state index in [0.717, 1.165) is 31.1 Å². The summed E-state index contributed by atoms with van der Waals surface area (Å²) in [5, 5.41) is 0. The molecule has 0 heterocycles. The Morgan fingerprint density at radius 3 is 1.71 bits per heavy atom. The fourth-order valence-electron chi connectivity index (χ4n) is 13.9. The highest BCUT2D eigenvalue weighted by Gasteiger charge is 2.62. The van der Waals surface area contributed by atoms with Crippen molar-refractivity contribution in [2.45, 2.75) is 69.1 Å². The lowest BCUT2D eigenvalue weighted by Gasteiger charge is -2.40. The van der Waals surface area contributed by atoms with Crippen LogP contribution in [0.1, 0.15) is 83.4 Å². The first kappa shape index (κ1) is 34.0. The van der Waals surface area contributed by atoms with Crippen LogP contribution in [-0.2, 0) is 24.7 Å². The summed E-state index contributed by atoms with van der Waals surface area (Å²) in [6, 6.07) is 63.0. The first-order valence-corrected chi connectivity index (χ1v) is 22.5. The molecule has 6 aliphatic rings. The summed E-state index contributed by atoms with van der Waals surface area (Å²) < 4.78 is 0. The molecule has 0 radical (unpaired) electrons. The second kappa shape index (κ2) is 13.1. The molecule has 3 fully saturated rings. The Labute approximate surface area is 349 Å². The van der Waals surface area contributed by atoms with Crippen molar-refractivity contribution in [2.24, 2.45) is 23.7 Å². The molecule has 7 aromatic carbocycles. The highest BCUT2D eigenvalue weighted by Crippen LogP contribution is 2.69. The van der Waals surface area contributed by atoms with Crippen LogP contribution in [0.15, 0.2) is 164 Å². The number of para-hydroxylation sites is 3. The molecule has 13 rings (SSSR count). The summed E-state index contributed by atoms with van der Waals surface area (Å²) in [6.45, 7) is 0. The van der Waals surface area contributed by atoms with E-state index in [-0.39, 0.29) is 5.41 Å². The van der Waals surface area contributed by atoms with Crippen LogP contribution in [0.2, 0.25) is 0 Å². The van der Waals surface area contributed by atoms with Crippen molar-refractivity contribution in [2.75, 3.05) is 9.80 Å². The van der Waals surface area contributed by atoms with Gasteiger partial charge in [-0.2, -0.15) is 0 Å². The molecule has 6 atom stereocenters. The SMILES string of the molecule is c1ccc(N(c2ccc3c(c2)Cc2ccccc2-3)c2cccc3c2C24c5c(cccc5N(c5ccccc5)c5ccccc5C5CC6CCC5C6)CC2CCC4C3)cc1. The number of benzene rings is 7. The van der Waals surface area contributed by atoms with Crippen molar-refractivity contribution < 1.29 is 0 Å². The Bertz CT molecular complexity index is 2760. The molecule has 2 bridgehead atoms. The van der Waals surface area contributed by atoms with Crippen molar-refractivity contribution in [3.05, 3.63) is 203 Å². The summed E-state index contributed by atoms with van der Waals surface area (Å²) in [7, 11) is 0. The Morgan fingerprint density at radius 1 is 0.424 bits per heavy atom. The smallest absolute Gasteiger partial charge is 0.0505 e. The number of hydrogen-bond donors (Lipinski definition) is 0. The van der Waals surface area contributed by atoms with E-state index < -0.39 is 0 Å². The predicted molar refractivity (Wildman–Crippen MR) is 243 cm³/mol. The molecule has 0 N–H and O–H groups in total. The van der Waals surface area contributed by atoms with Gasteiger partial charge in [0.25, 0.3) is 0 Å². The van der Waals surface area contributed by atoms with E-state index in [1.807, 2.05) is 0 Å². The molecule has 6 aliphatic carbocycles. The van der Waals surface area contributed by atoms with E-state index >= 15 is 0 Å². The topological polar surface area (TPSA) is 6.48 Å². The van der Waals surface area contributed by atoms with E-state index in [9.17, 15) is 0 Å². The first-order chi connectivity index (χ1) is 29.2. The highest BCUT2D eigenvalue weighted by molar-refractivity contribution is 5.88. The van der Waals surface area contributed by atoms with Crippen molar-refractivity contribution in [1.29, 1.82) is 0 Å². The quantitative estimate of drug-likeness (QED) is 0.160. The van der Waals surface area contributed by atoms with Gasteiger partial charge in [0, 0.05) is 28.2 Å². The van der Waals surface area contributed by atoms with Gasteiger partial charge < -0.3 is 9.80 Å². The van der Waals surface area contributed by atoms with Gasteiger partial charge in [-0.1, -0.05) is 116 Å². The fourth-order valence-corrected chi connectivity index (χ4v) is 13.9. The Kier molecular flexibility index (Phi) is 7.54. The normalized spacial score (nSPS) is 24.9. The van der Waals surface area contributed by atoms with E-state index in [1.165, 1.54) is 94.9 Å². The molecule has 2 heteroatoms. The van der Waals surface area contributed by atoms with Crippen LogP contribution in [-0.4, -0.2) is 0 Å². The molecule has 1 spiro atoms. The number of hydrogen-bond acceptors (Lipinski definition) is 2. The Hall–Kier alpha value is -5.86. The number of nitrogens with zero attached hydrogens (tertiary/aromatic N) is 2. The molecule has 0 aromatic heterocycles. The monoisotopic (exact) mass is 762 g/mol. The van der Waals surface area contributed by atoms with Crippen LogP contribution in [0.25, 0.3) is 11.1 Å². The van der Waals surface area contributed by atoms with Crippen LogP contribution >= 0.6 is 0 Å². The number of fused-ring (bicyclic) bond motifs is 7. The van der Waals surface area contributed by atoms with E-state index in [2.05, 4.69) is 174 Å². The largest absolute Gasteiger partial charge is 0.310 e. The second-order valence-corrected chi connectivity index (χ2v) is 18.7. The molecule has 0 aliphatic heterocycles. The lowest BCUT2D eigenvalue weighted by Crippen LogP contribution is -2.34. The molecule has 59 heavy (non-hydrogen) atoms. The summed E-state index contributed by atoms with van der Waals surface area (Å²) >= 11 is 0. The average Bonchev–Trinajstić information content (AvgIpc) is 4.15. The third-order valence-corrected chi connectivity index (χ3v) is 16.0. The number of rotatable bonds is 7. The molecular weight excluding hydrogens is 713 g/mol. The summed E-state index contributed by atoms with van der Waals surface area (Å²) in [5.74, 6) is 3.47. The maximum atomic E-state index is 2.71. The van der Waals surface area contributed by atoms with Crippen LogP contribution in [0.3, 0.4) is 0 Å². The third-order valence-electron chi connectivity index (χ3n) is 16.0. The van der Waals surface area contributed by atoms with Crippen LogP contribution < -0.4 is 9.80 Å². The molecule has 0 amide bonds. The molecule has 6 unspecified atom stereocenters. The predicted octanol–water partition coefficient (Wildman–Crippen LogP) is 14.5. The fraction of sp³-hybridized carbons (Fsp3) is 0.263. The van der Waals surface area contributed by atoms with Gasteiger partial charge >= 0.3 is 0 Å². The second-order valence-electron chi connectivity index (χ2n) is 18.7. The maximum Gasteiger partial charge on any atom is 0.0505 e. The minimum atomic E-state index is -0.0771. The van der Waals surface area contributed by atoms with Gasteiger partial charge in [-0.05, 0) is 186 Å². The van der Waals surface area contributed by atoms with Crippen LogP contribution in [0.5, 0.6) is 0 Å². The van der Waals surface area contributed by atoms with Crippen molar-refractivity contribution >= 4 is 34.1 Å². The molecule has 0 saturated heterocycles. The highest BCUT2D eigenvalue weighted by atomic mass is 15.2. The molecular formula is C57H50N2. The van der Waals surface area contributed by atoms with Gasteiger partial charge in [0.1, 0.15) is 0 Å². The minimum Gasteiger partial charge on any atom is -0.310 e. The summed E-state index contributed by atoms with van der Waals surface area (Å²) in [6.07, 6.45) is 11.4. The van der Waals surface area contributed by atoms with Gasteiger partial charge in [-0.25, -0.2) is 0 Å². The minimum absolute atomic E-state index is 0.0771. The van der Waals surface area contributed by atoms with Crippen LogP contribution in [0.4, 0.5) is 34.1 Å². The van der Waals surface area contributed by atoms with Gasteiger partial charge in [0.05, 0.1) is 11.4 Å². The van der Waals surface area contributed by atoms with Crippen molar-refractivity contribution in [3.63, 3.8) is 0 Å². The van der Waals surface area contributed by atoms with Gasteiger partial charge in [-0.15, -0.1) is 0 Å². The number of anilines is 6. The van der Waals surface area contributed by atoms with Crippen molar-refractivity contribution in [3.8, 4) is 11.1 Å². The standard InChI is InChI=1S/C57H50N2/c1-3-16-45(17-4-1)58(47-29-30-49-42(36-47)33-38-13-7-8-20-48(38)49)53-23-11-14-40-34-43-27-28-44-35-41-15-12-24-54(56(41)57(43,44)55(40)53)59(46-18-5-2-6-19-46)52-22-10-9-21-50(52)51-32-37-25-26-39(51)31-37/h1-24,29-30,36-37,39,43-44,51H,25-28,31-35H2. The van der Waals surface area contributed by atoms with Crippen LogP contribution in [0, 0.1) is 23.7 Å². The zero-order valence-corrected chi connectivity index (χ0v) is 33.7. The molecule has 3 saturated carbocycles. The Balaban J connectivity index is 1.03.